The molecule has 138 valence electrons. The van der Waals surface area contributed by atoms with Gasteiger partial charge in [0.25, 0.3) is 5.91 Å². The molecule has 2 aromatic rings. The number of nitrogens with zero attached hydrogens (tertiary/aromatic N) is 2. The van der Waals surface area contributed by atoms with Crippen molar-refractivity contribution in [3.8, 4) is 5.88 Å². The predicted octanol–water partition coefficient (Wildman–Crippen LogP) is 2.40. The molecule has 1 aliphatic carbocycles. The molecule has 0 spiro atoms. The van der Waals surface area contributed by atoms with Crippen LogP contribution in [0.5, 0.6) is 5.88 Å². The van der Waals surface area contributed by atoms with Gasteiger partial charge in [-0.15, -0.1) is 0 Å². The molecule has 1 saturated carbocycles. The molecule has 1 fully saturated rings. The number of aliphatic hydroxyl groups is 1. The van der Waals surface area contributed by atoms with E-state index in [1.54, 1.807) is 25.4 Å². The highest BCUT2D eigenvalue weighted by atomic mass is 16.5. The third-order valence-corrected chi connectivity index (χ3v) is 4.86. The van der Waals surface area contributed by atoms with Crippen molar-refractivity contribution in [3.63, 3.8) is 0 Å². The van der Waals surface area contributed by atoms with Crippen molar-refractivity contribution in [1.82, 2.24) is 10.3 Å². The Labute approximate surface area is 153 Å². The number of amides is 1. The Hall–Kier alpha value is -2.60. The Morgan fingerprint density at radius 1 is 1.31 bits per heavy atom. The molecule has 1 aliphatic rings. The zero-order valence-corrected chi connectivity index (χ0v) is 15.3. The summed E-state index contributed by atoms with van der Waals surface area (Å²) >= 11 is 0. The lowest BCUT2D eigenvalue weighted by Gasteiger charge is -2.38. The van der Waals surface area contributed by atoms with Crippen molar-refractivity contribution < 1.29 is 14.6 Å². The van der Waals surface area contributed by atoms with Crippen LogP contribution in [0.4, 0.5) is 5.69 Å². The van der Waals surface area contributed by atoms with Gasteiger partial charge in [0.2, 0.25) is 5.88 Å². The summed E-state index contributed by atoms with van der Waals surface area (Å²) in [4.78, 5) is 19.0. The van der Waals surface area contributed by atoms with E-state index in [4.69, 9.17) is 4.74 Å². The normalized spacial score (nSPS) is 20.0. The molecule has 1 atom stereocenters. The molecule has 0 bridgehead atoms. The second-order valence-electron chi connectivity index (χ2n) is 6.92. The van der Waals surface area contributed by atoms with E-state index >= 15 is 0 Å². The fourth-order valence-corrected chi connectivity index (χ4v) is 3.22. The number of aromatic nitrogens is 1. The SMILES string of the molecule is COc1ccc([C@H](NC(=O)c2cccc(N(C)C)c2)C2CC(O)C2)cn1. The fraction of sp³-hybridized carbons (Fsp3) is 0.400. The monoisotopic (exact) mass is 355 g/mol. The topological polar surface area (TPSA) is 74.7 Å². The average Bonchev–Trinajstić information content (AvgIpc) is 2.64. The van der Waals surface area contributed by atoms with Gasteiger partial charge in [0.05, 0.1) is 19.3 Å². The van der Waals surface area contributed by atoms with Crippen LogP contribution in [0.25, 0.3) is 0 Å². The molecular weight excluding hydrogens is 330 g/mol. The molecule has 0 aliphatic heterocycles. The third-order valence-electron chi connectivity index (χ3n) is 4.86. The van der Waals surface area contributed by atoms with Crippen LogP contribution in [-0.2, 0) is 0 Å². The highest BCUT2D eigenvalue weighted by Gasteiger charge is 2.36. The van der Waals surface area contributed by atoms with Crippen LogP contribution in [0.2, 0.25) is 0 Å². The molecule has 3 rings (SSSR count). The predicted molar refractivity (Wildman–Crippen MR) is 100 cm³/mol. The molecule has 6 heteroatoms. The van der Waals surface area contributed by atoms with Gasteiger partial charge in [-0.2, -0.15) is 0 Å². The van der Waals surface area contributed by atoms with Crippen LogP contribution in [0.1, 0.15) is 34.8 Å². The fourth-order valence-electron chi connectivity index (χ4n) is 3.22. The Balaban J connectivity index is 1.81. The summed E-state index contributed by atoms with van der Waals surface area (Å²) in [7, 11) is 5.46. The quantitative estimate of drug-likeness (QED) is 0.832. The van der Waals surface area contributed by atoms with Crippen molar-refractivity contribution in [2.24, 2.45) is 5.92 Å². The molecule has 0 unspecified atom stereocenters. The van der Waals surface area contributed by atoms with Gasteiger partial charge in [-0.3, -0.25) is 4.79 Å². The lowest BCUT2D eigenvalue weighted by Crippen LogP contribution is -2.41. The smallest absolute Gasteiger partial charge is 0.251 e. The minimum absolute atomic E-state index is 0.129. The standard InChI is InChI=1S/C20H25N3O3/c1-23(2)16-6-4-5-13(9-16)20(25)22-19(15-10-17(24)11-15)14-7-8-18(26-3)21-12-14/h4-9,12,15,17,19,24H,10-11H2,1-3H3,(H,22,25)/t15?,17?,19-/m0/s1. The van der Waals surface area contributed by atoms with Crippen LogP contribution in [0.15, 0.2) is 42.6 Å². The number of carbonyl (C=O) groups is 1. The molecular formula is C20H25N3O3. The summed E-state index contributed by atoms with van der Waals surface area (Å²) in [5.41, 5.74) is 2.50. The lowest BCUT2D eigenvalue weighted by atomic mass is 9.75. The van der Waals surface area contributed by atoms with Gasteiger partial charge in [-0.25, -0.2) is 4.98 Å². The average molecular weight is 355 g/mol. The Kier molecular flexibility index (Phi) is 5.42. The number of ether oxygens (including phenoxy) is 1. The number of carbonyl (C=O) groups excluding carboxylic acids is 1. The summed E-state index contributed by atoms with van der Waals surface area (Å²) in [5, 5.41) is 12.8. The number of benzene rings is 1. The molecule has 1 amide bonds. The van der Waals surface area contributed by atoms with Gasteiger partial charge in [-0.05, 0) is 42.5 Å². The van der Waals surface area contributed by atoms with Gasteiger partial charge in [-0.1, -0.05) is 12.1 Å². The van der Waals surface area contributed by atoms with Gasteiger partial charge >= 0.3 is 0 Å². The van der Waals surface area contributed by atoms with Crippen LogP contribution < -0.4 is 15.0 Å². The van der Waals surface area contributed by atoms with E-state index in [2.05, 4.69) is 10.3 Å². The maximum atomic E-state index is 12.8. The molecule has 1 aromatic carbocycles. The zero-order chi connectivity index (χ0) is 18.7. The molecule has 2 N–H and O–H groups in total. The zero-order valence-electron chi connectivity index (χ0n) is 15.3. The minimum Gasteiger partial charge on any atom is -0.481 e. The van der Waals surface area contributed by atoms with Crippen molar-refractivity contribution in [3.05, 3.63) is 53.7 Å². The second kappa shape index (κ2) is 7.74. The van der Waals surface area contributed by atoms with E-state index in [-0.39, 0.29) is 24.0 Å². The van der Waals surface area contributed by atoms with Crippen LogP contribution in [0, 0.1) is 5.92 Å². The van der Waals surface area contributed by atoms with E-state index in [0.717, 1.165) is 11.3 Å². The number of pyridine rings is 1. The molecule has 26 heavy (non-hydrogen) atoms. The van der Waals surface area contributed by atoms with Gasteiger partial charge in [0.1, 0.15) is 0 Å². The molecule has 0 radical (unpaired) electrons. The van der Waals surface area contributed by atoms with Crippen molar-refractivity contribution in [1.29, 1.82) is 0 Å². The highest BCUT2D eigenvalue weighted by Crippen LogP contribution is 2.38. The number of anilines is 1. The first kappa shape index (κ1) is 18.2. The summed E-state index contributed by atoms with van der Waals surface area (Å²) in [5.74, 6) is 0.600. The maximum Gasteiger partial charge on any atom is 0.251 e. The van der Waals surface area contributed by atoms with Crippen molar-refractivity contribution >= 4 is 11.6 Å². The van der Waals surface area contributed by atoms with Crippen LogP contribution in [-0.4, -0.2) is 43.3 Å². The highest BCUT2D eigenvalue weighted by molar-refractivity contribution is 5.95. The second-order valence-corrected chi connectivity index (χ2v) is 6.92. The first-order valence-electron chi connectivity index (χ1n) is 8.74. The molecule has 6 nitrogen and oxygen atoms in total. The summed E-state index contributed by atoms with van der Waals surface area (Å²) in [6.45, 7) is 0. The molecule has 1 aromatic heterocycles. The van der Waals surface area contributed by atoms with Gasteiger partial charge in [0, 0.05) is 37.6 Å². The number of hydrogen-bond donors (Lipinski definition) is 2. The van der Waals surface area contributed by atoms with Gasteiger partial charge < -0.3 is 20.1 Å². The van der Waals surface area contributed by atoms with E-state index in [1.165, 1.54) is 0 Å². The number of rotatable bonds is 6. The Morgan fingerprint density at radius 2 is 2.08 bits per heavy atom. The summed E-state index contributed by atoms with van der Waals surface area (Å²) < 4.78 is 5.11. The first-order valence-corrected chi connectivity index (χ1v) is 8.74. The maximum absolute atomic E-state index is 12.8. The molecule has 0 saturated heterocycles. The summed E-state index contributed by atoms with van der Waals surface area (Å²) in [6.07, 6.45) is 2.79. The number of hydrogen-bond acceptors (Lipinski definition) is 5. The minimum atomic E-state index is -0.289. The Bertz CT molecular complexity index is 755. The lowest BCUT2D eigenvalue weighted by molar-refractivity contribution is 0.0234. The number of aliphatic hydroxyl groups excluding tert-OH is 1. The van der Waals surface area contributed by atoms with E-state index in [9.17, 15) is 9.90 Å². The van der Waals surface area contributed by atoms with Crippen LogP contribution in [0.3, 0.4) is 0 Å². The summed E-state index contributed by atoms with van der Waals surface area (Å²) in [6, 6.07) is 11.0. The third kappa shape index (κ3) is 3.96. The van der Waals surface area contributed by atoms with E-state index in [1.807, 2.05) is 43.3 Å². The van der Waals surface area contributed by atoms with Crippen LogP contribution >= 0.6 is 0 Å². The van der Waals surface area contributed by atoms with Crippen molar-refractivity contribution in [2.75, 3.05) is 26.1 Å². The number of nitrogens with one attached hydrogen (secondary N) is 1. The van der Waals surface area contributed by atoms with E-state index in [0.29, 0.717) is 24.3 Å². The van der Waals surface area contributed by atoms with E-state index < -0.39 is 0 Å². The number of methoxy groups -OCH3 is 1. The van der Waals surface area contributed by atoms with Gasteiger partial charge in [0.15, 0.2) is 0 Å². The largest absolute Gasteiger partial charge is 0.481 e. The first-order chi connectivity index (χ1) is 12.5. The molecule has 1 heterocycles. The Morgan fingerprint density at radius 3 is 2.65 bits per heavy atom. The van der Waals surface area contributed by atoms with Crippen molar-refractivity contribution in [2.45, 2.75) is 25.0 Å².